The molecule has 1 aliphatic heterocycles. The summed E-state index contributed by atoms with van der Waals surface area (Å²) in [5.41, 5.74) is 0. The number of piperidine rings is 1. The van der Waals surface area contributed by atoms with E-state index in [9.17, 15) is 8.42 Å². The molecule has 0 spiro atoms. The Morgan fingerprint density at radius 1 is 1.38 bits per heavy atom. The molecule has 1 fully saturated rings. The molecular weight excluding hydrogens is 228 g/mol. The fraction of sp³-hybridized carbons (Fsp3) is 1.00. The molecule has 1 rings (SSSR count). The molecule has 0 bridgehead atoms. The van der Waals surface area contributed by atoms with Gasteiger partial charge < -0.3 is 10.0 Å². The van der Waals surface area contributed by atoms with Crippen molar-refractivity contribution in [1.29, 1.82) is 0 Å². The molecule has 0 unspecified atom stereocenters. The van der Waals surface area contributed by atoms with Gasteiger partial charge in [0.05, 0.1) is 5.75 Å². The van der Waals surface area contributed by atoms with Crippen molar-refractivity contribution in [3.63, 3.8) is 0 Å². The first kappa shape index (κ1) is 13.9. The van der Waals surface area contributed by atoms with E-state index in [1.54, 1.807) is 6.92 Å². The summed E-state index contributed by atoms with van der Waals surface area (Å²) < 4.78 is 24.9. The lowest BCUT2D eigenvalue weighted by atomic mass is 9.98. The predicted octanol–water partition coefficient (Wildman–Crippen LogP) is -0.370. The Balaban J connectivity index is 2.16. The summed E-state index contributed by atoms with van der Waals surface area (Å²) in [6.45, 7) is 5.07. The number of sulfonamides is 1. The second-order valence-electron chi connectivity index (χ2n) is 4.27. The van der Waals surface area contributed by atoms with E-state index in [1.807, 2.05) is 0 Å². The Kier molecular flexibility index (Phi) is 5.68. The predicted molar refractivity (Wildman–Crippen MR) is 63.7 cm³/mol. The van der Waals surface area contributed by atoms with Crippen molar-refractivity contribution in [3.8, 4) is 0 Å². The first-order valence-electron chi connectivity index (χ1n) is 5.88. The number of hydrogen-bond donors (Lipinski definition) is 2. The van der Waals surface area contributed by atoms with Crippen LogP contribution in [0.25, 0.3) is 0 Å². The number of rotatable bonds is 6. The van der Waals surface area contributed by atoms with E-state index < -0.39 is 10.0 Å². The molecule has 0 aromatic rings. The fourth-order valence-corrected chi connectivity index (χ4v) is 2.46. The molecule has 0 amide bonds. The van der Waals surface area contributed by atoms with E-state index in [0.29, 0.717) is 12.5 Å². The highest BCUT2D eigenvalue weighted by molar-refractivity contribution is 7.89. The van der Waals surface area contributed by atoms with Crippen molar-refractivity contribution in [2.45, 2.75) is 19.8 Å². The molecule has 16 heavy (non-hydrogen) atoms. The molecular formula is C10H22N2O3S. The maximum Gasteiger partial charge on any atom is 0.211 e. The number of likely N-dealkylation sites (tertiary alicyclic amines) is 1. The normalized spacial score (nSPS) is 20.1. The lowest BCUT2D eigenvalue weighted by Crippen LogP contribution is -2.40. The van der Waals surface area contributed by atoms with Crippen LogP contribution in [0.5, 0.6) is 0 Å². The van der Waals surface area contributed by atoms with Gasteiger partial charge in [0, 0.05) is 19.7 Å². The van der Waals surface area contributed by atoms with Gasteiger partial charge >= 0.3 is 0 Å². The van der Waals surface area contributed by atoms with Crippen LogP contribution < -0.4 is 4.72 Å². The topological polar surface area (TPSA) is 69.6 Å². The van der Waals surface area contributed by atoms with Gasteiger partial charge in [-0.05, 0) is 38.8 Å². The maximum absolute atomic E-state index is 11.2. The molecule has 96 valence electrons. The maximum atomic E-state index is 11.2. The second-order valence-corrected chi connectivity index (χ2v) is 6.36. The minimum absolute atomic E-state index is 0.138. The third-order valence-corrected chi connectivity index (χ3v) is 4.50. The summed E-state index contributed by atoms with van der Waals surface area (Å²) in [5, 5.41) is 8.98. The van der Waals surface area contributed by atoms with E-state index in [0.717, 1.165) is 32.5 Å². The van der Waals surface area contributed by atoms with Gasteiger partial charge in [-0.1, -0.05) is 0 Å². The Bertz CT molecular complexity index is 284. The molecule has 0 atom stereocenters. The Labute approximate surface area is 97.9 Å². The summed E-state index contributed by atoms with van der Waals surface area (Å²) in [4.78, 5) is 2.24. The molecule has 0 saturated carbocycles. The van der Waals surface area contributed by atoms with Gasteiger partial charge in [0.2, 0.25) is 10.0 Å². The van der Waals surface area contributed by atoms with E-state index in [2.05, 4.69) is 9.62 Å². The van der Waals surface area contributed by atoms with Crippen LogP contribution in [0.2, 0.25) is 0 Å². The average Bonchev–Trinajstić information content (AvgIpc) is 2.30. The quantitative estimate of drug-likeness (QED) is 0.675. The molecule has 0 radical (unpaired) electrons. The van der Waals surface area contributed by atoms with Gasteiger partial charge in [0.15, 0.2) is 0 Å². The molecule has 0 aromatic carbocycles. The molecule has 5 nitrogen and oxygen atoms in total. The average molecular weight is 250 g/mol. The highest BCUT2D eigenvalue weighted by Crippen LogP contribution is 2.15. The SMILES string of the molecule is CCS(=O)(=O)NCCN1CCC(CO)CC1. The number of aliphatic hydroxyl groups excluding tert-OH is 1. The monoisotopic (exact) mass is 250 g/mol. The minimum Gasteiger partial charge on any atom is -0.396 e. The third kappa shape index (κ3) is 4.78. The van der Waals surface area contributed by atoms with Crippen LogP contribution in [0.3, 0.4) is 0 Å². The highest BCUT2D eigenvalue weighted by atomic mass is 32.2. The Morgan fingerprint density at radius 2 is 2.00 bits per heavy atom. The molecule has 1 heterocycles. The molecule has 1 aliphatic rings. The summed E-state index contributed by atoms with van der Waals surface area (Å²) in [6, 6.07) is 0. The fourth-order valence-electron chi connectivity index (χ4n) is 1.85. The number of nitrogens with zero attached hydrogens (tertiary/aromatic N) is 1. The van der Waals surface area contributed by atoms with Gasteiger partial charge in [-0.3, -0.25) is 0 Å². The van der Waals surface area contributed by atoms with Crippen LogP contribution in [0, 0.1) is 5.92 Å². The van der Waals surface area contributed by atoms with Crippen molar-refractivity contribution >= 4 is 10.0 Å². The third-order valence-electron chi connectivity index (χ3n) is 3.10. The smallest absolute Gasteiger partial charge is 0.211 e. The largest absolute Gasteiger partial charge is 0.396 e. The van der Waals surface area contributed by atoms with Gasteiger partial charge in [0.1, 0.15) is 0 Å². The zero-order valence-corrected chi connectivity index (χ0v) is 10.7. The first-order valence-corrected chi connectivity index (χ1v) is 7.53. The molecule has 2 N–H and O–H groups in total. The first-order chi connectivity index (χ1) is 7.57. The van der Waals surface area contributed by atoms with Crippen LogP contribution in [0.4, 0.5) is 0 Å². The Hall–Kier alpha value is -0.170. The van der Waals surface area contributed by atoms with Gasteiger partial charge in [0.25, 0.3) is 0 Å². The number of hydrogen-bond acceptors (Lipinski definition) is 4. The summed E-state index contributed by atoms with van der Waals surface area (Å²) in [7, 11) is -3.05. The Morgan fingerprint density at radius 3 is 2.50 bits per heavy atom. The zero-order chi connectivity index (χ0) is 12.0. The number of aliphatic hydroxyl groups is 1. The number of nitrogens with one attached hydrogen (secondary N) is 1. The molecule has 6 heteroatoms. The summed E-state index contributed by atoms with van der Waals surface area (Å²) >= 11 is 0. The van der Waals surface area contributed by atoms with Crippen LogP contribution in [-0.4, -0.2) is 57.0 Å². The van der Waals surface area contributed by atoms with Crippen molar-refractivity contribution in [2.24, 2.45) is 5.92 Å². The molecule has 1 saturated heterocycles. The van der Waals surface area contributed by atoms with E-state index in [1.165, 1.54) is 0 Å². The second kappa shape index (κ2) is 6.54. The van der Waals surface area contributed by atoms with Gasteiger partial charge in [-0.2, -0.15) is 0 Å². The van der Waals surface area contributed by atoms with Crippen molar-refractivity contribution in [1.82, 2.24) is 9.62 Å². The summed E-state index contributed by atoms with van der Waals surface area (Å²) in [5.74, 6) is 0.572. The zero-order valence-electron chi connectivity index (χ0n) is 9.85. The minimum atomic E-state index is -3.05. The van der Waals surface area contributed by atoms with Crippen molar-refractivity contribution in [2.75, 3.05) is 38.5 Å². The van der Waals surface area contributed by atoms with Crippen LogP contribution in [-0.2, 0) is 10.0 Å². The lowest BCUT2D eigenvalue weighted by molar-refractivity contribution is 0.133. The standard InChI is InChI=1S/C10H22N2O3S/c1-2-16(14,15)11-5-8-12-6-3-10(9-13)4-7-12/h10-11,13H,2-9H2,1H3. The van der Waals surface area contributed by atoms with Crippen LogP contribution >= 0.6 is 0 Å². The molecule has 0 aromatic heterocycles. The molecule has 0 aliphatic carbocycles. The van der Waals surface area contributed by atoms with Crippen molar-refractivity contribution < 1.29 is 13.5 Å². The van der Waals surface area contributed by atoms with E-state index >= 15 is 0 Å². The lowest BCUT2D eigenvalue weighted by Gasteiger charge is -2.30. The highest BCUT2D eigenvalue weighted by Gasteiger charge is 2.18. The van der Waals surface area contributed by atoms with Crippen LogP contribution in [0.15, 0.2) is 0 Å². The van der Waals surface area contributed by atoms with Crippen LogP contribution in [0.1, 0.15) is 19.8 Å². The van der Waals surface area contributed by atoms with E-state index in [4.69, 9.17) is 5.11 Å². The van der Waals surface area contributed by atoms with Gasteiger partial charge in [-0.15, -0.1) is 0 Å². The van der Waals surface area contributed by atoms with E-state index in [-0.39, 0.29) is 12.4 Å². The van der Waals surface area contributed by atoms with Gasteiger partial charge in [-0.25, -0.2) is 13.1 Å². The van der Waals surface area contributed by atoms with Crippen molar-refractivity contribution in [3.05, 3.63) is 0 Å². The summed E-state index contributed by atoms with van der Waals surface area (Å²) in [6.07, 6.45) is 2.02.